The lowest BCUT2D eigenvalue weighted by atomic mass is 9.67. The van der Waals surface area contributed by atoms with Crippen molar-refractivity contribution in [1.82, 2.24) is 29.7 Å². The molecule has 0 saturated heterocycles. The van der Waals surface area contributed by atoms with Gasteiger partial charge in [-0.2, -0.15) is 0 Å². The Hall–Kier alpha value is -4.81. The molecule has 4 heterocycles. The van der Waals surface area contributed by atoms with Gasteiger partial charge in [-0.15, -0.1) is 0 Å². The lowest BCUT2D eigenvalue weighted by molar-refractivity contribution is -0.155. The normalized spacial score (nSPS) is 20.1. The number of benzene rings is 1. The van der Waals surface area contributed by atoms with Gasteiger partial charge in [0.05, 0.1) is 11.9 Å². The van der Waals surface area contributed by atoms with Crippen molar-refractivity contribution in [3.63, 3.8) is 0 Å². The standard InChI is InChI=1S/C32H38FN7O5/c1-20-15-21(8-9-23(20)33)16-35-26(42)24-25(41)27(43)40-19-31(18-38(4)22-7-6-14-34-17-22)10-12-32(13-11-31,30(40)36-24)39(5)29(45)28(44)37(2)3/h6-9,14-15,17,41H,10-13,16,18-19H2,1-5H3,(H,35,42). The summed E-state index contributed by atoms with van der Waals surface area (Å²) in [7, 11) is 6.43. The van der Waals surface area contributed by atoms with Crippen molar-refractivity contribution in [3.8, 4) is 5.75 Å². The van der Waals surface area contributed by atoms with Crippen LogP contribution in [0.15, 0.2) is 47.5 Å². The number of carbonyl (C=O) groups excluding carboxylic acids is 3. The zero-order valence-corrected chi connectivity index (χ0v) is 26.1. The molecule has 3 amide bonds. The molecule has 3 aromatic rings. The number of fused-ring (bicyclic) bond motifs is 2. The summed E-state index contributed by atoms with van der Waals surface area (Å²) in [6.45, 7) is 2.35. The predicted octanol–water partition coefficient (Wildman–Crippen LogP) is 2.17. The van der Waals surface area contributed by atoms with E-state index in [0.29, 0.717) is 43.4 Å². The molecule has 2 bridgehead atoms. The number of amides is 3. The number of hydrogen-bond acceptors (Lipinski definition) is 8. The van der Waals surface area contributed by atoms with E-state index in [2.05, 4.69) is 20.2 Å². The largest absolute Gasteiger partial charge is 0.501 e. The van der Waals surface area contributed by atoms with Crippen molar-refractivity contribution in [2.45, 2.75) is 51.2 Å². The molecule has 1 fully saturated rings. The lowest BCUT2D eigenvalue weighted by Gasteiger charge is -2.47. The number of anilines is 1. The second kappa shape index (κ2) is 11.9. The molecule has 0 radical (unpaired) electrons. The minimum Gasteiger partial charge on any atom is -0.501 e. The van der Waals surface area contributed by atoms with Crippen LogP contribution in [0.5, 0.6) is 5.75 Å². The molecule has 13 heteroatoms. The molecule has 3 aliphatic rings. The molecule has 0 spiro atoms. The highest BCUT2D eigenvalue weighted by molar-refractivity contribution is 6.34. The van der Waals surface area contributed by atoms with E-state index in [1.165, 1.54) is 47.6 Å². The number of likely N-dealkylation sites (N-methyl/N-ethyl adjacent to an activating group) is 2. The van der Waals surface area contributed by atoms with Gasteiger partial charge < -0.3 is 25.1 Å². The minimum absolute atomic E-state index is 0.00412. The third-order valence-electron chi connectivity index (χ3n) is 9.28. The fraction of sp³-hybridized carbons (Fsp3) is 0.438. The van der Waals surface area contributed by atoms with Gasteiger partial charge in [-0.25, -0.2) is 9.37 Å². The topological polar surface area (TPSA) is 141 Å². The van der Waals surface area contributed by atoms with Gasteiger partial charge >= 0.3 is 11.8 Å². The SMILES string of the molecule is Cc1cc(CNC(=O)c2nc3n(c(=O)c2O)CC2(CN(C)c4cccnc4)CCC3(N(C)C(=O)C(=O)N(C)C)CC2)ccc1F. The quantitative estimate of drug-likeness (QED) is 0.384. The molecule has 2 N–H and O–H groups in total. The Morgan fingerprint density at radius 3 is 2.40 bits per heavy atom. The van der Waals surface area contributed by atoms with Crippen LogP contribution in [-0.4, -0.2) is 81.9 Å². The molecule has 1 aliphatic carbocycles. The second-order valence-corrected chi connectivity index (χ2v) is 12.5. The average Bonchev–Trinajstić information content (AvgIpc) is 3.26. The van der Waals surface area contributed by atoms with Crippen LogP contribution in [0, 0.1) is 18.2 Å². The third-order valence-corrected chi connectivity index (χ3v) is 9.28. The van der Waals surface area contributed by atoms with Crippen LogP contribution in [0.25, 0.3) is 0 Å². The van der Waals surface area contributed by atoms with Gasteiger partial charge in [0.2, 0.25) is 5.75 Å². The Morgan fingerprint density at radius 1 is 1.07 bits per heavy atom. The highest BCUT2D eigenvalue weighted by atomic mass is 19.1. The highest BCUT2D eigenvalue weighted by Gasteiger charge is 2.54. The molecule has 12 nitrogen and oxygen atoms in total. The van der Waals surface area contributed by atoms with E-state index in [-0.39, 0.29) is 24.7 Å². The van der Waals surface area contributed by atoms with Crippen molar-refractivity contribution < 1.29 is 23.9 Å². The second-order valence-electron chi connectivity index (χ2n) is 12.5. The maximum absolute atomic E-state index is 13.9. The fourth-order valence-corrected chi connectivity index (χ4v) is 6.60. The first kappa shape index (κ1) is 31.6. The van der Waals surface area contributed by atoms with E-state index >= 15 is 0 Å². The first-order valence-corrected chi connectivity index (χ1v) is 14.8. The number of pyridine rings is 1. The van der Waals surface area contributed by atoms with Crippen LogP contribution >= 0.6 is 0 Å². The van der Waals surface area contributed by atoms with Gasteiger partial charge in [0.15, 0.2) is 5.69 Å². The minimum atomic E-state index is -1.19. The summed E-state index contributed by atoms with van der Waals surface area (Å²) in [6.07, 6.45) is 5.37. The Morgan fingerprint density at radius 2 is 1.78 bits per heavy atom. The first-order valence-electron chi connectivity index (χ1n) is 14.8. The van der Waals surface area contributed by atoms with Gasteiger partial charge in [-0.3, -0.25) is 28.7 Å². The number of nitrogens with zero attached hydrogens (tertiary/aromatic N) is 6. The van der Waals surface area contributed by atoms with Crippen LogP contribution in [0.3, 0.4) is 0 Å². The van der Waals surface area contributed by atoms with E-state index in [0.717, 1.165) is 5.69 Å². The number of rotatable bonds is 7. The van der Waals surface area contributed by atoms with Gasteiger partial charge in [0, 0.05) is 59.4 Å². The number of carbonyl (C=O) groups is 3. The van der Waals surface area contributed by atoms with Crippen molar-refractivity contribution in [2.75, 3.05) is 39.6 Å². The summed E-state index contributed by atoms with van der Waals surface area (Å²) >= 11 is 0. The van der Waals surface area contributed by atoms with E-state index in [9.17, 15) is 28.7 Å². The Balaban J connectivity index is 1.57. The monoisotopic (exact) mass is 619 g/mol. The van der Waals surface area contributed by atoms with Gasteiger partial charge in [-0.1, -0.05) is 12.1 Å². The summed E-state index contributed by atoms with van der Waals surface area (Å²) in [5, 5.41) is 13.7. The first-order chi connectivity index (χ1) is 21.3. The van der Waals surface area contributed by atoms with Crippen molar-refractivity contribution in [1.29, 1.82) is 0 Å². The number of hydrogen-bond donors (Lipinski definition) is 2. The Labute approximate surface area is 260 Å². The average molecular weight is 620 g/mol. The molecule has 2 aromatic heterocycles. The van der Waals surface area contributed by atoms with Gasteiger partial charge in [0.25, 0.3) is 11.5 Å². The molecule has 2 aliphatic heterocycles. The van der Waals surface area contributed by atoms with Crippen LogP contribution in [-0.2, 0) is 28.2 Å². The van der Waals surface area contributed by atoms with Gasteiger partial charge in [-0.05, 0) is 61.9 Å². The van der Waals surface area contributed by atoms with E-state index in [1.54, 1.807) is 25.4 Å². The zero-order chi connectivity index (χ0) is 32.7. The zero-order valence-electron chi connectivity index (χ0n) is 26.1. The molecular weight excluding hydrogens is 581 g/mol. The third kappa shape index (κ3) is 5.74. The maximum Gasteiger partial charge on any atom is 0.312 e. The smallest absolute Gasteiger partial charge is 0.312 e. The van der Waals surface area contributed by atoms with Crippen LogP contribution in [0.1, 0.15) is 53.1 Å². The number of nitrogens with one attached hydrogen (secondary N) is 1. The number of aromatic hydroxyl groups is 1. The van der Waals surface area contributed by atoms with Crippen LogP contribution in [0.2, 0.25) is 0 Å². The fourth-order valence-electron chi connectivity index (χ4n) is 6.60. The van der Waals surface area contributed by atoms with E-state index < -0.39 is 45.7 Å². The highest BCUT2D eigenvalue weighted by Crippen LogP contribution is 2.52. The molecule has 45 heavy (non-hydrogen) atoms. The van der Waals surface area contributed by atoms with Crippen molar-refractivity contribution in [3.05, 3.63) is 81.5 Å². The summed E-state index contributed by atoms with van der Waals surface area (Å²) in [5.41, 5.74) is -0.987. The summed E-state index contributed by atoms with van der Waals surface area (Å²) in [4.78, 5) is 67.0. The molecule has 1 saturated carbocycles. The number of aryl methyl sites for hydroxylation is 1. The van der Waals surface area contributed by atoms with E-state index in [4.69, 9.17) is 0 Å². The van der Waals surface area contributed by atoms with Crippen LogP contribution in [0.4, 0.5) is 10.1 Å². The van der Waals surface area contributed by atoms with Crippen molar-refractivity contribution in [2.24, 2.45) is 5.41 Å². The van der Waals surface area contributed by atoms with Crippen molar-refractivity contribution >= 4 is 23.4 Å². The molecule has 0 unspecified atom stereocenters. The molecular formula is C32H38FN7O5. The Kier molecular flexibility index (Phi) is 8.39. The summed E-state index contributed by atoms with van der Waals surface area (Å²) in [5.74, 6) is -3.33. The molecule has 238 valence electrons. The maximum atomic E-state index is 13.9. The van der Waals surface area contributed by atoms with Crippen LogP contribution < -0.4 is 15.8 Å². The number of aromatic nitrogens is 3. The molecule has 1 aromatic carbocycles. The Bertz CT molecular complexity index is 1700. The predicted molar refractivity (Wildman–Crippen MR) is 164 cm³/mol. The molecule has 0 atom stereocenters. The summed E-state index contributed by atoms with van der Waals surface area (Å²) < 4.78 is 15.1. The lowest BCUT2D eigenvalue weighted by Crippen LogP contribution is -2.55. The van der Waals surface area contributed by atoms with Gasteiger partial charge in [0.1, 0.15) is 17.2 Å². The number of halogens is 1. The summed E-state index contributed by atoms with van der Waals surface area (Å²) in [6, 6.07) is 8.20. The molecule has 6 rings (SSSR count). The van der Waals surface area contributed by atoms with E-state index in [1.807, 2.05) is 19.2 Å².